The Balaban J connectivity index is 0.00000193. The third-order valence-corrected chi connectivity index (χ3v) is 6.23. The van der Waals surface area contributed by atoms with Crippen LogP contribution in [0.25, 0.3) is 6.08 Å². The zero-order valence-electron chi connectivity index (χ0n) is 18.4. The predicted molar refractivity (Wildman–Crippen MR) is 128 cm³/mol. The van der Waals surface area contributed by atoms with Crippen molar-refractivity contribution in [2.24, 2.45) is 0 Å². The van der Waals surface area contributed by atoms with Gasteiger partial charge in [-0.3, -0.25) is 0 Å². The molecule has 182 valence electrons. The van der Waals surface area contributed by atoms with Crippen molar-refractivity contribution in [2.45, 2.75) is 50.2 Å². The summed E-state index contributed by atoms with van der Waals surface area (Å²) in [6, 6.07) is 13.7. The fraction of sp³-hybridized carbons (Fsp3) is 0.417. The highest BCUT2D eigenvalue weighted by Crippen LogP contribution is 2.47. The molecule has 0 aliphatic carbocycles. The van der Waals surface area contributed by atoms with Gasteiger partial charge >= 0.3 is 6.18 Å². The first-order chi connectivity index (χ1) is 14.8. The molecule has 0 amide bonds. The molecule has 0 radical (unpaired) electrons. The van der Waals surface area contributed by atoms with Gasteiger partial charge in [-0.25, -0.2) is 0 Å². The van der Waals surface area contributed by atoms with Gasteiger partial charge < -0.3 is 20.1 Å². The molecule has 2 aromatic carbocycles. The van der Waals surface area contributed by atoms with Crippen LogP contribution in [0.5, 0.6) is 5.75 Å². The fourth-order valence-corrected chi connectivity index (χ4v) is 4.41. The number of piperidine rings is 1. The Labute approximate surface area is 204 Å². The minimum absolute atomic E-state index is 0. The molecule has 2 aliphatic heterocycles. The maximum atomic E-state index is 13.8. The highest BCUT2D eigenvalue weighted by Gasteiger charge is 2.56. The number of halogens is 5. The van der Waals surface area contributed by atoms with Crippen molar-refractivity contribution in [1.82, 2.24) is 10.6 Å². The van der Waals surface area contributed by atoms with Crippen LogP contribution in [0, 0.1) is 0 Å². The van der Waals surface area contributed by atoms with Gasteiger partial charge in [-0.2, -0.15) is 13.2 Å². The molecule has 0 aromatic heterocycles. The molecule has 2 aromatic rings. The highest BCUT2D eigenvalue weighted by molar-refractivity contribution is 5.85. The molecule has 1 saturated heterocycles. The summed E-state index contributed by atoms with van der Waals surface area (Å²) in [7, 11) is 1.53. The van der Waals surface area contributed by atoms with E-state index in [9.17, 15) is 13.2 Å². The smallest absolute Gasteiger partial charge is 0.432 e. The number of hydrogen-bond donors (Lipinski definition) is 2. The molecule has 2 aliphatic rings. The third-order valence-electron chi connectivity index (χ3n) is 6.23. The van der Waals surface area contributed by atoms with Crippen LogP contribution in [-0.4, -0.2) is 25.9 Å². The summed E-state index contributed by atoms with van der Waals surface area (Å²) in [6.45, 7) is 2.40. The van der Waals surface area contributed by atoms with Gasteiger partial charge in [-0.1, -0.05) is 30.3 Å². The van der Waals surface area contributed by atoms with E-state index in [2.05, 4.69) is 22.8 Å². The number of alkyl halides is 3. The summed E-state index contributed by atoms with van der Waals surface area (Å²) in [5.41, 5.74) is 0.0276. The number of hydrogen-bond acceptors (Lipinski definition) is 4. The SMILES string of the molecule is COc1cc2c(cc1CN[C@H]1CCCN[C@H]1c1ccccc1)[C@](C)(C(F)(F)F)OC=C2.Cl.Cl. The lowest BCUT2D eigenvalue weighted by atomic mass is 9.87. The van der Waals surface area contributed by atoms with Gasteiger partial charge in [0.25, 0.3) is 0 Å². The minimum atomic E-state index is -4.54. The molecule has 2 heterocycles. The molecule has 3 atom stereocenters. The van der Waals surface area contributed by atoms with Gasteiger partial charge in [0.05, 0.1) is 13.4 Å². The molecular weight excluding hydrogens is 476 g/mol. The Kier molecular flexibility index (Phi) is 9.10. The van der Waals surface area contributed by atoms with Gasteiger partial charge in [0, 0.05) is 29.8 Å². The van der Waals surface area contributed by atoms with Crippen LogP contribution in [0.4, 0.5) is 13.2 Å². The standard InChI is InChI=1S/C24H27F3N2O2.2ClH/c1-23(24(25,26)27)19-13-18(21(30-2)14-17(19)10-12-31-23)15-29-20-9-6-11-28-22(20)16-7-4-3-5-8-16;;/h3-5,7-8,10,12-14,20,22,28-29H,6,9,11,15H2,1-2H3;2*1H/t20-,22-,23+;;/m0../s1. The van der Waals surface area contributed by atoms with Crippen LogP contribution < -0.4 is 15.4 Å². The van der Waals surface area contributed by atoms with E-state index in [1.807, 2.05) is 18.2 Å². The van der Waals surface area contributed by atoms with Gasteiger partial charge in [0.1, 0.15) is 5.75 Å². The predicted octanol–water partition coefficient (Wildman–Crippen LogP) is 5.90. The van der Waals surface area contributed by atoms with Crippen molar-refractivity contribution in [3.63, 3.8) is 0 Å². The highest BCUT2D eigenvalue weighted by atomic mass is 35.5. The van der Waals surface area contributed by atoms with Crippen molar-refractivity contribution in [3.8, 4) is 5.75 Å². The number of benzene rings is 2. The van der Waals surface area contributed by atoms with E-state index in [0.29, 0.717) is 23.4 Å². The molecular formula is C24H29Cl2F3N2O2. The lowest BCUT2D eigenvalue weighted by molar-refractivity contribution is -0.261. The first kappa shape index (κ1) is 27.3. The normalized spacial score (nSPS) is 24.0. The van der Waals surface area contributed by atoms with E-state index in [1.54, 1.807) is 18.2 Å². The van der Waals surface area contributed by atoms with E-state index < -0.39 is 11.8 Å². The average Bonchev–Trinajstić information content (AvgIpc) is 2.77. The van der Waals surface area contributed by atoms with Crippen LogP contribution >= 0.6 is 24.8 Å². The topological polar surface area (TPSA) is 42.5 Å². The van der Waals surface area contributed by atoms with Crippen LogP contribution in [0.3, 0.4) is 0 Å². The van der Waals surface area contributed by atoms with E-state index in [4.69, 9.17) is 9.47 Å². The largest absolute Gasteiger partial charge is 0.496 e. The van der Waals surface area contributed by atoms with Crippen molar-refractivity contribution >= 4 is 30.9 Å². The molecule has 0 bridgehead atoms. The van der Waals surface area contributed by atoms with Crippen molar-refractivity contribution in [2.75, 3.05) is 13.7 Å². The molecule has 0 unspecified atom stereocenters. The first-order valence-corrected chi connectivity index (χ1v) is 10.5. The molecule has 0 saturated carbocycles. The second-order valence-electron chi connectivity index (χ2n) is 8.18. The molecule has 4 rings (SSSR count). The number of nitrogens with one attached hydrogen (secondary N) is 2. The molecule has 33 heavy (non-hydrogen) atoms. The zero-order chi connectivity index (χ0) is 22.1. The quantitative estimate of drug-likeness (QED) is 0.531. The van der Waals surface area contributed by atoms with Gasteiger partial charge in [-0.15, -0.1) is 24.8 Å². The molecule has 4 nitrogen and oxygen atoms in total. The van der Waals surface area contributed by atoms with Crippen molar-refractivity contribution in [1.29, 1.82) is 0 Å². The lowest BCUT2D eigenvalue weighted by Crippen LogP contribution is -2.45. The number of methoxy groups -OCH3 is 1. The second-order valence-corrected chi connectivity index (χ2v) is 8.18. The lowest BCUT2D eigenvalue weighted by Gasteiger charge is -2.36. The Morgan fingerprint density at radius 2 is 1.91 bits per heavy atom. The minimum Gasteiger partial charge on any atom is -0.496 e. The number of ether oxygens (including phenoxy) is 2. The van der Waals surface area contributed by atoms with Crippen LogP contribution in [-0.2, 0) is 16.9 Å². The maximum Gasteiger partial charge on any atom is 0.432 e. The van der Waals surface area contributed by atoms with Crippen LogP contribution in [0.2, 0.25) is 0 Å². The van der Waals surface area contributed by atoms with Gasteiger partial charge in [-0.05, 0) is 55.6 Å². The van der Waals surface area contributed by atoms with E-state index in [-0.39, 0.29) is 42.5 Å². The Morgan fingerprint density at radius 1 is 1.18 bits per heavy atom. The molecule has 0 spiro atoms. The van der Waals surface area contributed by atoms with Crippen LogP contribution in [0.15, 0.2) is 48.7 Å². The summed E-state index contributed by atoms with van der Waals surface area (Å²) >= 11 is 0. The summed E-state index contributed by atoms with van der Waals surface area (Å²) in [4.78, 5) is 0. The molecule has 1 fully saturated rings. The van der Waals surface area contributed by atoms with Gasteiger partial charge in [0.2, 0.25) is 5.60 Å². The molecule has 2 N–H and O–H groups in total. The van der Waals surface area contributed by atoms with Crippen molar-refractivity contribution < 1.29 is 22.6 Å². The fourth-order valence-electron chi connectivity index (χ4n) is 4.41. The van der Waals surface area contributed by atoms with Crippen molar-refractivity contribution in [3.05, 3.63) is 71.0 Å². The first-order valence-electron chi connectivity index (χ1n) is 10.5. The summed E-state index contributed by atoms with van der Waals surface area (Å²) in [5, 5.41) is 7.11. The summed E-state index contributed by atoms with van der Waals surface area (Å²) in [5.74, 6) is 0.558. The Morgan fingerprint density at radius 3 is 2.58 bits per heavy atom. The van der Waals surface area contributed by atoms with E-state index in [0.717, 1.165) is 32.6 Å². The Bertz CT molecular complexity index is 957. The van der Waals surface area contributed by atoms with Crippen LogP contribution in [0.1, 0.15) is 48.1 Å². The van der Waals surface area contributed by atoms with E-state index >= 15 is 0 Å². The van der Waals surface area contributed by atoms with Gasteiger partial charge in [0.15, 0.2) is 0 Å². The zero-order valence-corrected chi connectivity index (χ0v) is 20.1. The number of rotatable bonds is 5. The number of fused-ring (bicyclic) bond motifs is 1. The maximum absolute atomic E-state index is 13.8. The second kappa shape index (κ2) is 11.0. The third kappa shape index (κ3) is 5.43. The van der Waals surface area contributed by atoms with E-state index in [1.165, 1.54) is 12.7 Å². The molecule has 9 heteroatoms. The monoisotopic (exact) mass is 504 g/mol. The summed E-state index contributed by atoms with van der Waals surface area (Å²) in [6.07, 6.45) is 0.112. The Hall–Kier alpha value is -1.93. The average molecular weight is 505 g/mol. The summed E-state index contributed by atoms with van der Waals surface area (Å²) < 4.78 is 52.0.